The van der Waals surface area contributed by atoms with Gasteiger partial charge >= 0.3 is 6.09 Å². The van der Waals surface area contributed by atoms with E-state index in [4.69, 9.17) is 4.74 Å². The van der Waals surface area contributed by atoms with Gasteiger partial charge in [0.25, 0.3) is 0 Å². The van der Waals surface area contributed by atoms with Gasteiger partial charge in [-0.2, -0.15) is 0 Å². The van der Waals surface area contributed by atoms with Crippen molar-refractivity contribution in [3.63, 3.8) is 0 Å². The van der Waals surface area contributed by atoms with Gasteiger partial charge in [-0.25, -0.2) is 4.79 Å². The number of benzene rings is 1. The quantitative estimate of drug-likeness (QED) is 0.741. The monoisotopic (exact) mass is 367 g/mol. The highest BCUT2D eigenvalue weighted by Crippen LogP contribution is 2.38. The fourth-order valence-electron chi connectivity index (χ4n) is 1.89. The molecule has 1 N–H and O–H groups in total. The molecule has 0 aliphatic carbocycles. The van der Waals surface area contributed by atoms with Crippen LogP contribution in [0, 0.1) is 0 Å². The third-order valence-corrected chi connectivity index (χ3v) is 4.27. The van der Waals surface area contributed by atoms with Gasteiger partial charge in [0.2, 0.25) is 0 Å². The van der Waals surface area contributed by atoms with Crippen LogP contribution in [0.5, 0.6) is 0 Å². The van der Waals surface area contributed by atoms with Gasteiger partial charge < -0.3 is 4.74 Å². The number of hydrogen-bond donors (Lipinski definition) is 1. The van der Waals surface area contributed by atoms with Gasteiger partial charge in [0, 0.05) is 20.7 Å². The van der Waals surface area contributed by atoms with Crippen molar-refractivity contribution < 1.29 is 9.53 Å². The van der Waals surface area contributed by atoms with Crippen LogP contribution in [-0.2, 0) is 10.1 Å². The lowest BCUT2D eigenvalue weighted by Crippen LogP contribution is -2.32. The van der Waals surface area contributed by atoms with Crippen molar-refractivity contribution in [2.45, 2.75) is 36.6 Å². The van der Waals surface area contributed by atoms with Crippen LogP contribution in [-0.4, -0.2) is 11.7 Å². The van der Waals surface area contributed by atoms with Crippen LogP contribution < -0.4 is 5.32 Å². The summed E-state index contributed by atoms with van der Waals surface area (Å²) >= 11 is 5.05. The summed E-state index contributed by atoms with van der Waals surface area (Å²) in [4.78, 5) is 13.9. The van der Waals surface area contributed by atoms with E-state index in [1.165, 1.54) is 0 Å². The van der Waals surface area contributed by atoms with E-state index in [0.717, 1.165) is 32.0 Å². The topological polar surface area (TPSA) is 38.3 Å². The first-order chi connectivity index (χ1) is 9.78. The maximum Gasteiger partial charge on any atom is 0.412 e. The van der Waals surface area contributed by atoms with Crippen molar-refractivity contribution in [2.24, 2.45) is 0 Å². The summed E-state index contributed by atoms with van der Waals surface area (Å²) < 4.78 is 5.31. The Morgan fingerprint density at radius 1 is 1.43 bits per heavy atom. The summed E-state index contributed by atoms with van der Waals surface area (Å²) in [5.74, 6) is 0. The molecule has 1 aromatic rings. The smallest absolute Gasteiger partial charge is 0.412 e. The maximum atomic E-state index is 12.0. The molecule has 112 valence electrons. The second kappa shape index (κ2) is 6.28. The van der Waals surface area contributed by atoms with Crippen molar-refractivity contribution in [1.29, 1.82) is 0 Å². The van der Waals surface area contributed by atoms with E-state index in [0.29, 0.717) is 0 Å². The van der Waals surface area contributed by atoms with Gasteiger partial charge in [0.1, 0.15) is 5.60 Å². The van der Waals surface area contributed by atoms with Crippen molar-refractivity contribution in [3.05, 3.63) is 46.9 Å². The number of carbonyl (C=O) groups is 1. The number of hydrogen-bond acceptors (Lipinski definition) is 3. The van der Waals surface area contributed by atoms with Gasteiger partial charge in [0.15, 0.2) is 0 Å². The van der Waals surface area contributed by atoms with Crippen LogP contribution in [0.25, 0.3) is 5.70 Å². The molecule has 0 unspecified atom stereocenters. The molecule has 0 bridgehead atoms. The normalized spacial score (nSPS) is 14.3. The lowest BCUT2D eigenvalue weighted by atomic mass is 10.1. The minimum atomic E-state index is -0.522. The molecule has 21 heavy (non-hydrogen) atoms. The van der Waals surface area contributed by atoms with Crippen LogP contribution in [0.4, 0.5) is 4.79 Å². The largest absolute Gasteiger partial charge is 0.444 e. The van der Waals surface area contributed by atoms with Crippen LogP contribution in [0.1, 0.15) is 31.9 Å². The highest BCUT2D eigenvalue weighted by molar-refractivity contribution is 9.08. The molecule has 2 rings (SSSR count). The highest BCUT2D eigenvalue weighted by atomic mass is 79.9. The van der Waals surface area contributed by atoms with E-state index < -0.39 is 11.7 Å². The minimum absolute atomic E-state index is 0.455. The SMILES string of the molecule is C=C1C=C(NC(=O)OC(C)(C)C)c2cc(CBr)ccc2S1. The van der Waals surface area contributed by atoms with E-state index in [-0.39, 0.29) is 0 Å². The Labute approximate surface area is 138 Å². The molecule has 0 aromatic heterocycles. The molecule has 0 saturated heterocycles. The highest BCUT2D eigenvalue weighted by Gasteiger charge is 2.21. The van der Waals surface area contributed by atoms with Gasteiger partial charge in [-0.1, -0.05) is 40.3 Å². The number of fused-ring (bicyclic) bond motifs is 1. The first-order valence-corrected chi connectivity index (χ1v) is 8.50. The number of amides is 1. The molecule has 0 radical (unpaired) electrons. The van der Waals surface area contributed by atoms with Gasteiger partial charge in [-0.05, 0) is 44.5 Å². The summed E-state index contributed by atoms with van der Waals surface area (Å²) in [5, 5.41) is 3.59. The standard InChI is InChI=1S/C16H18BrNO2S/c1-10-7-13(18-15(19)20-16(2,3)4)12-8-11(9-17)5-6-14(12)21-10/h5-8H,1,9H2,2-4H3,(H,18,19). The van der Waals surface area contributed by atoms with Gasteiger partial charge in [-0.15, -0.1) is 0 Å². The van der Waals surface area contributed by atoms with E-state index in [1.54, 1.807) is 11.8 Å². The molecular formula is C16H18BrNO2S. The molecule has 1 heterocycles. The second-order valence-electron chi connectivity index (χ2n) is 5.72. The Kier molecular flexibility index (Phi) is 4.84. The first kappa shape index (κ1) is 16.2. The van der Waals surface area contributed by atoms with Crippen molar-refractivity contribution >= 4 is 39.5 Å². The molecule has 0 fully saturated rings. The van der Waals surface area contributed by atoms with Crippen molar-refractivity contribution in [3.8, 4) is 0 Å². The number of halogens is 1. The summed E-state index contributed by atoms with van der Waals surface area (Å²) in [6.07, 6.45) is 1.42. The fourth-order valence-corrected chi connectivity index (χ4v) is 3.11. The van der Waals surface area contributed by atoms with Crippen LogP contribution >= 0.6 is 27.7 Å². The zero-order valence-corrected chi connectivity index (χ0v) is 14.7. The lowest BCUT2D eigenvalue weighted by Gasteiger charge is -2.23. The van der Waals surface area contributed by atoms with Gasteiger partial charge in [-0.3, -0.25) is 5.32 Å². The molecule has 0 atom stereocenters. The Morgan fingerprint density at radius 3 is 2.76 bits per heavy atom. The summed E-state index contributed by atoms with van der Waals surface area (Å²) in [5.41, 5.74) is 2.35. The number of alkyl halides is 1. The average molecular weight is 368 g/mol. The number of allylic oxidation sites excluding steroid dienone is 1. The molecule has 1 amide bonds. The summed E-state index contributed by atoms with van der Waals surface area (Å²) in [6.45, 7) is 9.50. The molecule has 0 spiro atoms. The summed E-state index contributed by atoms with van der Waals surface area (Å²) in [7, 11) is 0. The Bertz CT molecular complexity index is 617. The van der Waals surface area contributed by atoms with Gasteiger partial charge in [0.05, 0.1) is 5.70 Å². The fraction of sp³-hybridized carbons (Fsp3) is 0.312. The second-order valence-corrected chi connectivity index (χ2v) is 7.45. The third kappa shape index (κ3) is 4.38. The minimum Gasteiger partial charge on any atom is -0.444 e. The molecule has 1 aliphatic heterocycles. The number of alkyl carbamates (subject to hydrolysis) is 1. The molecule has 1 aromatic carbocycles. The van der Waals surface area contributed by atoms with Crippen molar-refractivity contribution in [2.75, 3.05) is 0 Å². The predicted octanol–water partition coefficient (Wildman–Crippen LogP) is 5.07. The number of thioether (sulfide) groups is 1. The number of nitrogens with one attached hydrogen (secondary N) is 1. The zero-order chi connectivity index (χ0) is 15.6. The Hall–Kier alpha value is -1.20. The molecular weight excluding hydrogens is 350 g/mol. The van der Waals surface area contributed by atoms with E-state index >= 15 is 0 Å². The van der Waals surface area contributed by atoms with Crippen LogP contribution in [0.3, 0.4) is 0 Å². The van der Waals surface area contributed by atoms with Crippen LogP contribution in [0.15, 0.2) is 40.7 Å². The molecule has 5 heteroatoms. The number of ether oxygens (including phenoxy) is 1. The average Bonchev–Trinajstić information content (AvgIpc) is 2.35. The predicted molar refractivity (Wildman–Crippen MR) is 91.4 cm³/mol. The van der Waals surface area contributed by atoms with E-state index in [9.17, 15) is 4.79 Å². The molecule has 1 aliphatic rings. The Morgan fingerprint density at radius 2 is 2.14 bits per heavy atom. The third-order valence-electron chi connectivity index (χ3n) is 2.67. The van der Waals surface area contributed by atoms with Crippen LogP contribution in [0.2, 0.25) is 0 Å². The summed E-state index contributed by atoms with van der Waals surface area (Å²) in [6, 6.07) is 6.17. The first-order valence-electron chi connectivity index (χ1n) is 6.56. The van der Waals surface area contributed by atoms with E-state index in [2.05, 4.69) is 40.0 Å². The molecule has 3 nitrogen and oxygen atoms in total. The zero-order valence-electron chi connectivity index (χ0n) is 12.3. The number of rotatable bonds is 2. The number of carbonyl (C=O) groups excluding carboxylic acids is 1. The lowest BCUT2D eigenvalue weighted by molar-refractivity contribution is 0.0558. The Balaban J connectivity index is 2.27. The van der Waals surface area contributed by atoms with Crippen molar-refractivity contribution in [1.82, 2.24) is 5.32 Å². The maximum absolute atomic E-state index is 12.0. The van der Waals surface area contributed by atoms with E-state index in [1.807, 2.05) is 32.9 Å². The molecule has 0 saturated carbocycles.